The molecule has 8 heteroatoms. The van der Waals surface area contributed by atoms with Crippen LogP contribution in [0.4, 0.5) is 13.2 Å². The van der Waals surface area contributed by atoms with Crippen molar-refractivity contribution in [3.05, 3.63) is 59.2 Å². The maximum atomic E-state index is 12.8. The van der Waals surface area contributed by atoms with E-state index in [0.717, 1.165) is 6.07 Å². The zero-order valence-electron chi connectivity index (χ0n) is 12.6. The summed E-state index contributed by atoms with van der Waals surface area (Å²) < 4.78 is 61.7. The van der Waals surface area contributed by atoms with Gasteiger partial charge in [0.1, 0.15) is 11.9 Å². The molecule has 4 nitrogen and oxygen atoms in total. The molecular weight excluding hydrogens is 345 g/mol. The molecule has 2 rings (SSSR count). The monoisotopic (exact) mass is 360 g/mol. The van der Waals surface area contributed by atoms with Gasteiger partial charge in [0.15, 0.2) is 9.84 Å². The second-order valence-electron chi connectivity index (χ2n) is 5.15. The van der Waals surface area contributed by atoms with Crippen molar-refractivity contribution in [2.75, 3.05) is 5.75 Å². The maximum Gasteiger partial charge on any atom is 0.416 e. The fourth-order valence-corrected chi connectivity index (χ4v) is 3.04. The van der Waals surface area contributed by atoms with Crippen molar-refractivity contribution < 1.29 is 31.8 Å². The van der Waals surface area contributed by atoms with Crippen LogP contribution in [0.1, 0.15) is 29.7 Å². The second-order valence-corrected chi connectivity index (χ2v) is 7.42. The molecule has 0 aliphatic carbocycles. The highest BCUT2D eigenvalue weighted by Gasteiger charge is 2.32. The maximum absolute atomic E-state index is 12.8. The van der Waals surface area contributed by atoms with Gasteiger partial charge in [0.05, 0.1) is 16.2 Å². The van der Waals surface area contributed by atoms with Gasteiger partial charge in [0.2, 0.25) is 0 Å². The number of alkyl halides is 3. The first-order valence-electron chi connectivity index (χ1n) is 6.97. The highest BCUT2D eigenvalue weighted by molar-refractivity contribution is 7.91. The molecule has 0 aliphatic rings. The van der Waals surface area contributed by atoms with E-state index in [1.54, 1.807) is 0 Å². The number of halogens is 3. The van der Waals surface area contributed by atoms with E-state index in [1.807, 2.05) is 0 Å². The van der Waals surface area contributed by atoms with Crippen molar-refractivity contribution in [2.45, 2.75) is 24.1 Å². The minimum absolute atomic E-state index is 0.0502. The van der Waals surface area contributed by atoms with Gasteiger partial charge < -0.3 is 10.2 Å². The molecule has 0 amide bonds. The van der Waals surface area contributed by atoms with E-state index in [2.05, 4.69) is 0 Å². The Morgan fingerprint density at radius 3 is 2.17 bits per heavy atom. The molecule has 2 N–H and O–H groups in total. The average Bonchev–Trinajstić information content (AvgIpc) is 2.53. The lowest BCUT2D eigenvalue weighted by Gasteiger charge is -2.16. The van der Waals surface area contributed by atoms with Crippen LogP contribution in [0.25, 0.3) is 0 Å². The molecule has 130 valence electrons. The van der Waals surface area contributed by atoms with E-state index in [-0.39, 0.29) is 21.8 Å². The largest absolute Gasteiger partial charge is 0.508 e. The Hall–Kier alpha value is -2.06. The molecule has 0 aromatic heterocycles. The molecular formula is C16H15F3O4S. The summed E-state index contributed by atoms with van der Waals surface area (Å²) in [6.45, 7) is 1.48. The van der Waals surface area contributed by atoms with Crippen LogP contribution < -0.4 is 0 Å². The third kappa shape index (κ3) is 3.70. The van der Waals surface area contributed by atoms with Gasteiger partial charge in [-0.15, -0.1) is 0 Å². The zero-order chi connectivity index (χ0) is 18.1. The Bertz CT molecular complexity index is 827. The number of benzene rings is 2. The van der Waals surface area contributed by atoms with Gasteiger partial charge in [0.25, 0.3) is 0 Å². The molecule has 0 saturated heterocycles. The Morgan fingerprint density at radius 2 is 1.67 bits per heavy atom. The topological polar surface area (TPSA) is 74.6 Å². The number of aliphatic hydroxyl groups excluding tert-OH is 1. The Morgan fingerprint density at radius 1 is 1.08 bits per heavy atom. The van der Waals surface area contributed by atoms with E-state index in [4.69, 9.17) is 0 Å². The molecule has 0 aliphatic heterocycles. The summed E-state index contributed by atoms with van der Waals surface area (Å²) in [5.41, 5.74) is -1.14. The smallest absolute Gasteiger partial charge is 0.416 e. The van der Waals surface area contributed by atoms with E-state index in [0.29, 0.717) is 12.1 Å². The summed E-state index contributed by atoms with van der Waals surface area (Å²) in [5, 5.41) is 20.0. The number of phenolic OH excluding ortho intramolecular Hbond substituents is 1. The molecule has 0 heterocycles. The van der Waals surface area contributed by atoms with E-state index in [1.165, 1.54) is 31.2 Å². The van der Waals surface area contributed by atoms with Crippen LogP contribution in [0.3, 0.4) is 0 Å². The SMILES string of the molecule is CCS(=O)(=O)c1ccc(C(O)c2cc(C(F)(F)F)ccc2O)cc1. The highest BCUT2D eigenvalue weighted by atomic mass is 32.2. The lowest BCUT2D eigenvalue weighted by atomic mass is 9.98. The van der Waals surface area contributed by atoms with Crippen molar-refractivity contribution in [1.82, 2.24) is 0 Å². The summed E-state index contributed by atoms with van der Waals surface area (Å²) in [6, 6.07) is 7.36. The van der Waals surface area contributed by atoms with Crippen molar-refractivity contribution in [3.8, 4) is 5.75 Å². The molecule has 24 heavy (non-hydrogen) atoms. The summed E-state index contributed by atoms with van der Waals surface area (Å²) in [6.07, 6.45) is -6.13. The van der Waals surface area contributed by atoms with Crippen molar-refractivity contribution in [3.63, 3.8) is 0 Å². The number of aromatic hydroxyl groups is 1. The van der Waals surface area contributed by atoms with Gasteiger partial charge in [-0.05, 0) is 35.9 Å². The highest BCUT2D eigenvalue weighted by Crippen LogP contribution is 2.36. The van der Waals surface area contributed by atoms with Crippen LogP contribution >= 0.6 is 0 Å². The Kier molecular flexibility index (Phi) is 4.91. The van der Waals surface area contributed by atoms with E-state index < -0.39 is 33.4 Å². The fraction of sp³-hybridized carbons (Fsp3) is 0.250. The van der Waals surface area contributed by atoms with Crippen LogP contribution in [-0.2, 0) is 16.0 Å². The minimum atomic E-state index is -4.61. The van der Waals surface area contributed by atoms with Crippen LogP contribution in [0.5, 0.6) is 5.75 Å². The first kappa shape index (κ1) is 18.3. The van der Waals surface area contributed by atoms with Gasteiger partial charge in [0, 0.05) is 5.56 Å². The molecule has 0 bridgehead atoms. The third-order valence-electron chi connectivity index (χ3n) is 3.58. The summed E-state index contributed by atoms with van der Waals surface area (Å²) in [7, 11) is -3.42. The first-order valence-corrected chi connectivity index (χ1v) is 8.62. The molecule has 0 saturated carbocycles. The second kappa shape index (κ2) is 6.45. The number of hydrogen-bond acceptors (Lipinski definition) is 4. The normalized spacial score (nSPS) is 13.7. The van der Waals surface area contributed by atoms with Crippen LogP contribution in [-0.4, -0.2) is 24.4 Å². The number of hydrogen-bond donors (Lipinski definition) is 2. The van der Waals surface area contributed by atoms with E-state index >= 15 is 0 Å². The molecule has 0 radical (unpaired) electrons. The lowest BCUT2D eigenvalue weighted by molar-refractivity contribution is -0.137. The summed E-state index contributed by atoms with van der Waals surface area (Å²) in [4.78, 5) is 0.0502. The van der Waals surface area contributed by atoms with Gasteiger partial charge in [-0.2, -0.15) is 13.2 Å². The molecule has 2 aromatic carbocycles. The molecule has 1 unspecified atom stereocenters. The minimum Gasteiger partial charge on any atom is -0.508 e. The molecule has 0 fully saturated rings. The van der Waals surface area contributed by atoms with Crippen molar-refractivity contribution in [1.29, 1.82) is 0 Å². The fourth-order valence-electron chi connectivity index (χ4n) is 2.15. The summed E-state index contributed by atoms with van der Waals surface area (Å²) in [5.74, 6) is -0.579. The lowest BCUT2D eigenvalue weighted by Crippen LogP contribution is -2.08. The molecule has 0 spiro atoms. The third-order valence-corrected chi connectivity index (χ3v) is 5.33. The molecule has 1 atom stereocenters. The van der Waals surface area contributed by atoms with Crippen molar-refractivity contribution >= 4 is 9.84 Å². The number of aliphatic hydroxyl groups is 1. The number of sulfone groups is 1. The zero-order valence-corrected chi connectivity index (χ0v) is 13.4. The number of phenols is 1. The van der Waals surface area contributed by atoms with Crippen LogP contribution in [0.15, 0.2) is 47.4 Å². The first-order chi connectivity index (χ1) is 11.1. The number of rotatable bonds is 4. The standard InChI is InChI=1S/C16H15F3O4S/c1-2-24(22,23)12-6-3-10(4-7-12)15(21)13-9-11(16(17,18)19)5-8-14(13)20/h3-9,15,20-21H,2H2,1H3. The Labute approximate surface area is 137 Å². The van der Waals surface area contributed by atoms with Gasteiger partial charge in [-0.25, -0.2) is 8.42 Å². The Balaban J connectivity index is 2.40. The molecule has 2 aromatic rings. The average molecular weight is 360 g/mol. The summed E-state index contributed by atoms with van der Waals surface area (Å²) >= 11 is 0. The predicted octanol–water partition coefficient (Wildman–Crippen LogP) is 3.29. The van der Waals surface area contributed by atoms with Gasteiger partial charge in [-0.3, -0.25) is 0 Å². The predicted molar refractivity (Wildman–Crippen MR) is 81.3 cm³/mol. The van der Waals surface area contributed by atoms with Gasteiger partial charge >= 0.3 is 6.18 Å². The van der Waals surface area contributed by atoms with E-state index in [9.17, 15) is 31.8 Å². The van der Waals surface area contributed by atoms with Gasteiger partial charge in [-0.1, -0.05) is 19.1 Å². The quantitative estimate of drug-likeness (QED) is 0.877. The van der Waals surface area contributed by atoms with Crippen LogP contribution in [0.2, 0.25) is 0 Å². The van der Waals surface area contributed by atoms with Crippen molar-refractivity contribution in [2.24, 2.45) is 0 Å². The van der Waals surface area contributed by atoms with Crippen LogP contribution in [0, 0.1) is 0 Å².